The maximum Gasteiger partial charge on any atom is 0.463 e. The van der Waals surface area contributed by atoms with E-state index in [2.05, 4.69) is 0 Å². The molecule has 0 radical (unpaired) electrons. The highest BCUT2D eigenvalue weighted by Gasteiger charge is 2.63. The first-order chi connectivity index (χ1) is 7.00. The summed E-state index contributed by atoms with van der Waals surface area (Å²) in [6.45, 7) is 2.40. The average Bonchev–Trinajstić information content (AvgIpc) is 2.11. The Morgan fingerprint density at radius 3 is 2.00 bits per heavy atom. The molecule has 0 heterocycles. The van der Waals surface area contributed by atoms with Crippen LogP contribution < -0.4 is 5.32 Å². The third-order valence-electron chi connectivity index (χ3n) is 1.88. The van der Waals surface area contributed by atoms with Crippen LogP contribution in [0.4, 0.5) is 22.0 Å². The zero-order valence-corrected chi connectivity index (χ0v) is 8.61. The lowest BCUT2D eigenvalue weighted by molar-refractivity contribution is -0.269. The summed E-state index contributed by atoms with van der Waals surface area (Å²) in [7, 11) is 0. The van der Waals surface area contributed by atoms with E-state index in [1.807, 2.05) is 0 Å². The molecule has 3 nitrogen and oxygen atoms in total. The molecule has 0 bridgehead atoms. The number of aliphatic hydroxyl groups excluding tert-OH is 1. The molecule has 0 aliphatic heterocycles. The van der Waals surface area contributed by atoms with Gasteiger partial charge < -0.3 is 10.4 Å². The van der Waals surface area contributed by atoms with Crippen LogP contribution in [0.15, 0.2) is 0 Å². The van der Waals surface area contributed by atoms with Crippen molar-refractivity contribution in [2.45, 2.75) is 32.1 Å². The van der Waals surface area contributed by atoms with Crippen molar-refractivity contribution < 1.29 is 31.9 Å². The highest BCUT2D eigenvalue weighted by atomic mass is 19.4. The lowest BCUT2D eigenvalue weighted by Gasteiger charge is -2.20. The highest BCUT2D eigenvalue weighted by molar-refractivity contribution is 5.84. The van der Waals surface area contributed by atoms with Crippen molar-refractivity contribution in [1.29, 1.82) is 0 Å². The number of hydrogen-bond donors (Lipinski definition) is 2. The summed E-state index contributed by atoms with van der Waals surface area (Å²) in [5.74, 6) is -8.26. The van der Waals surface area contributed by atoms with Gasteiger partial charge in [0.15, 0.2) is 0 Å². The van der Waals surface area contributed by atoms with Crippen LogP contribution in [0.25, 0.3) is 0 Å². The van der Waals surface area contributed by atoms with Crippen LogP contribution in [-0.4, -0.2) is 35.8 Å². The Hall–Kier alpha value is -0.920. The fraction of sp³-hybridized carbons (Fsp3) is 0.875. The quantitative estimate of drug-likeness (QED) is 0.738. The first-order valence-corrected chi connectivity index (χ1v) is 4.41. The first-order valence-electron chi connectivity index (χ1n) is 4.41. The molecule has 0 aromatic carbocycles. The highest BCUT2D eigenvalue weighted by Crippen LogP contribution is 2.35. The van der Waals surface area contributed by atoms with E-state index in [9.17, 15) is 26.7 Å². The largest absolute Gasteiger partial charge is 0.463 e. The van der Waals surface area contributed by atoms with Gasteiger partial charge in [0.1, 0.15) is 0 Å². The van der Waals surface area contributed by atoms with E-state index in [1.165, 1.54) is 19.2 Å². The molecular weight excluding hydrogens is 237 g/mol. The van der Waals surface area contributed by atoms with Crippen LogP contribution in [0.3, 0.4) is 0 Å². The molecule has 96 valence electrons. The minimum Gasteiger partial charge on any atom is -0.391 e. The molecule has 0 aromatic rings. The lowest BCUT2D eigenvalue weighted by atomic mass is 10.1. The predicted octanol–water partition coefficient (Wildman–Crippen LogP) is 1.32. The van der Waals surface area contributed by atoms with Gasteiger partial charge in [-0.2, -0.15) is 22.0 Å². The van der Waals surface area contributed by atoms with Crippen molar-refractivity contribution in [2.75, 3.05) is 6.54 Å². The Bertz CT molecular complexity index is 251. The molecule has 8 heteroatoms. The van der Waals surface area contributed by atoms with Crippen LogP contribution in [0, 0.1) is 5.92 Å². The maximum absolute atomic E-state index is 12.4. The summed E-state index contributed by atoms with van der Waals surface area (Å²) in [4.78, 5) is 10.5. The molecule has 1 unspecified atom stereocenters. The number of carbonyl (C=O) groups is 1. The van der Waals surface area contributed by atoms with Crippen LogP contribution in [0.5, 0.6) is 0 Å². The Morgan fingerprint density at radius 2 is 1.69 bits per heavy atom. The van der Waals surface area contributed by atoms with Gasteiger partial charge >= 0.3 is 12.1 Å². The second-order valence-corrected chi connectivity index (χ2v) is 3.59. The molecule has 0 aliphatic rings. The monoisotopic (exact) mass is 249 g/mol. The van der Waals surface area contributed by atoms with Crippen molar-refractivity contribution in [2.24, 2.45) is 5.92 Å². The normalized spacial score (nSPS) is 15.1. The minimum absolute atomic E-state index is 0.361. The van der Waals surface area contributed by atoms with Gasteiger partial charge in [-0.15, -0.1) is 0 Å². The van der Waals surface area contributed by atoms with Gasteiger partial charge in [0, 0.05) is 6.54 Å². The van der Waals surface area contributed by atoms with Gasteiger partial charge in [0.05, 0.1) is 6.10 Å². The molecule has 1 atom stereocenters. The number of amides is 1. The van der Waals surface area contributed by atoms with Gasteiger partial charge in [-0.05, 0) is 5.92 Å². The van der Waals surface area contributed by atoms with E-state index in [4.69, 9.17) is 5.11 Å². The van der Waals surface area contributed by atoms with Gasteiger partial charge in [0.2, 0.25) is 0 Å². The third kappa shape index (κ3) is 3.58. The minimum atomic E-state index is -5.93. The standard InChI is InChI=1S/C8H12F5NO2/c1-4(2)5(15)3-14-6(16)7(9,10)8(11,12)13/h4-5,15H,3H2,1-2H3,(H,14,16). The number of hydrogen-bond acceptors (Lipinski definition) is 2. The van der Waals surface area contributed by atoms with Crippen molar-refractivity contribution in [3.05, 3.63) is 0 Å². The smallest absolute Gasteiger partial charge is 0.391 e. The Balaban J connectivity index is 4.38. The van der Waals surface area contributed by atoms with Gasteiger partial charge in [-0.1, -0.05) is 13.8 Å². The Labute approximate surface area is 88.6 Å². The summed E-state index contributed by atoms with van der Waals surface area (Å²) in [5, 5.41) is 10.5. The molecular formula is C8H12F5NO2. The summed E-state index contributed by atoms with van der Waals surface area (Å²) < 4.78 is 59.8. The average molecular weight is 249 g/mol. The zero-order valence-electron chi connectivity index (χ0n) is 8.61. The predicted molar refractivity (Wildman–Crippen MR) is 44.9 cm³/mol. The molecule has 0 saturated heterocycles. The second-order valence-electron chi connectivity index (χ2n) is 3.59. The molecule has 0 fully saturated rings. The molecule has 0 saturated carbocycles. The molecule has 16 heavy (non-hydrogen) atoms. The number of alkyl halides is 5. The van der Waals surface area contributed by atoms with Gasteiger partial charge in [-0.3, -0.25) is 4.79 Å². The van der Waals surface area contributed by atoms with E-state index in [1.54, 1.807) is 0 Å². The summed E-state index contributed by atoms with van der Waals surface area (Å²) in [6.07, 6.45) is -7.10. The lowest BCUT2D eigenvalue weighted by Crippen LogP contribution is -2.52. The van der Waals surface area contributed by atoms with E-state index in [0.29, 0.717) is 0 Å². The van der Waals surface area contributed by atoms with Crippen LogP contribution >= 0.6 is 0 Å². The molecule has 0 aromatic heterocycles. The fourth-order valence-corrected chi connectivity index (χ4v) is 0.673. The van der Waals surface area contributed by atoms with E-state index >= 15 is 0 Å². The van der Waals surface area contributed by atoms with Crippen molar-refractivity contribution >= 4 is 5.91 Å². The van der Waals surface area contributed by atoms with E-state index < -0.39 is 30.7 Å². The summed E-state index contributed by atoms with van der Waals surface area (Å²) in [6, 6.07) is 0. The number of nitrogens with one attached hydrogen (secondary N) is 1. The van der Waals surface area contributed by atoms with E-state index in [-0.39, 0.29) is 5.92 Å². The Kier molecular flexibility index (Phi) is 4.66. The number of halogens is 5. The van der Waals surface area contributed by atoms with Gasteiger partial charge in [0.25, 0.3) is 5.91 Å². The number of rotatable bonds is 4. The Morgan fingerprint density at radius 1 is 1.25 bits per heavy atom. The number of carbonyl (C=O) groups excluding carboxylic acids is 1. The molecule has 0 aliphatic carbocycles. The van der Waals surface area contributed by atoms with E-state index in [0.717, 1.165) is 0 Å². The second kappa shape index (κ2) is 4.94. The molecule has 2 N–H and O–H groups in total. The maximum atomic E-state index is 12.4. The molecule has 0 spiro atoms. The molecule has 0 rings (SSSR count). The van der Waals surface area contributed by atoms with Crippen LogP contribution in [-0.2, 0) is 4.79 Å². The van der Waals surface area contributed by atoms with Crippen molar-refractivity contribution in [3.8, 4) is 0 Å². The SMILES string of the molecule is CC(C)C(O)CNC(=O)C(F)(F)C(F)(F)F. The number of aliphatic hydroxyl groups is 1. The topological polar surface area (TPSA) is 49.3 Å². The van der Waals surface area contributed by atoms with Crippen molar-refractivity contribution in [3.63, 3.8) is 0 Å². The zero-order chi connectivity index (χ0) is 13.1. The first kappa shape index (κ1) is 15.1. The van der Waals surface area contributed by atoms with Crippen molar-refractivity contribution in [1.82, 2.24) is 5.32 Å². The fourth-order valence-electron chi connectivity index (χ4n) is 0.673. The summed E-state index contributed by atoms with van der Waals surface area (Å²) >= 11 is 0. The van der Waals surface area contributed by atoms with Gasteiger partial charge in [-0.25, -0.2) is 0 Å². The molecule has 1 amide bonds. The van der Waals surface area contributed by atoms with Crippen LogP contribution in [0.1, 0.15) is 13.8 Å². The summed E-state index contributed by atoms with van der Waals surface area (Å²) in [5.41, 5.74) is 0. The van der Waals surface area contributed by atoms with Crippen LogP contribution in [0.2, 0.25) is 0 Å². The third-order valence-corrected chi connectivity index (χ3v) is 1.88.